The van der Waals surface area contributed by atoms with Crippen LogP contribution in [0.15, 0.2) is 71.2 Å². The predicted octanol–water partition coefficient (Wildman–Crippen LogP) is 4.76. The quantitative estimate of drug-likeness (QED) is 0.527. The third-order valence-electron chi connectivity index (χ3n) is 4.71. The van der Waals surface area contributed by atoms with E-state index in [2.05, 4.69) is 45.3 Å². The SMILES string of the molecule is CCN(CC)CC(O)CNc1ccc(N=Nc2cccnc2)c2ccccc12. The first-order chi connectivity index (χ1) is 13.7. The lowest BCUT2D eigenvalue weighted by atomic mass is 10.1. The summed E-state index contributed by atoms with van der Waals surface area (Å²) in [5.41, 5.74) is 2.50. The minimum atomic E-state index is -0.427. The number of likely N-dealkylation sites (N-methyl/N-ethyl adjacent to an activating group) is 1. The Morgan fingerprint density at radius 2 is 1.79 bits per heavy atom. The highest BCUT2D eigenvalue weighted by Gasteiger charge is 2.10. The van der Waals surface area contributed by atoms with E-state index in [1.807, 2.05) is 42.5 Å². The molecule has 0 amide bonds. The first-order valence-electron chi connectivity index (χ1n) is 9.69. The van der Waals surface area contributed by atoms with E-state index in [1.54, 1.807) is 12.4 Å². The van der Waals surface area contributed by atoms with Gasteiger partial charge in [0.2, 0.25) is 0 Å². The van der Waals surface area contributed by atoms with Crippen molar-refractivity contribution in [3.8, 4) is 0 Å². The molecule has 0 aliphatic carbocycles. The van der Waals surface area contributed by atoms with Gasteiger partial charge in [-0.2, -0.15) is 0 Å². The molecule has 0 spiro atoms. The van der Waals surface area contributed by atoms with Crippen molar-refractivity contribution in [2.75, 3.05) is 31.5 Å². The molecule has 6 nitrogen and oxygen atoms in total. The minimum absolute atomic E-state index is 0.427. The van der Waals surface area contributed by atoms with E-state index >= 15 is 0 Å². The predicted molar refractivity (Wildman–Crippen MR) is 115 cm³/mol. The molecule has 2 aromatic carbocycles. The molecule has 0 saturated carbocycles. The van der Waals surface area contributed by atoms with Crippen LogP contribution in [0.25, 0.3) is 10.8 Å². The topological polar surface area (TPSA) is 73.1 Å². The van der Waals surface area contributed by atoms with Gasteiger partial charge in [0, 0.05) is 35.7 Å². The van der Waals surface area contributed by atoms with Crippen LogP contribution < -0.4 is 5.32 Å². The summed E-state index contributed by atoms with van der Waals surface area (Å²) in [6, 6.07) is 15.7. The number of benzene rings is 2. The second-order valence-corrected chi connectivity index (χ2v) is 6.61. The lowest BCUT2D eigenvalue weighted by Gasteiger charge is -2.22. The van der Waals surface area contributed by atoms with Gasteiger partial charge in [0.05, 0.1) is 18.0 Å². The summed E-state index contributed by atoms with van der Waals surface area (Å²) in [5.74, 6) is 0. The van der Waals surface area contributed by atoms with E-state index in [4.69, 9.17) is 0 Å². The molecule has 146 valence electrons. The van der Waals surface area contributed by atoms with Crippen molar-refractivity contribution >= 4 is 27.8 Å². The van der Waals surface area contributed by atoms with Gasteiger partial charge < -0.3 is 15.3 Å². The molecule has 6 heteroatoms. The summed E-state index contributed by atoms with van der Waals surface area (Å²) in [5, 5.41) is 24.5. The fourth-order valence-corrected chi connectivity index (χ4v) is 3.12. The molecule has 1 heterocycles. The average Bonchev–Trinajstić information content (AvgIpc) is 2.75. The van der Waals surface area contributed by atoms with Gasteiger partial charge in [0.15, 0.2) is 0 Å². The van der Waals surface area contributed by atoms with Gasteiger partial charge in [-0.05, 0) is 37.4 Å². The Labute approximate surface area is 165 Å². The van der Waals surface area contributed by atoms with E-state index in [1.165, 1.54) is 0 Å². The Kier molecular flexibility index (Phi) is 7.06. The van der Waals surface area contributed by atoms with Gasteiger partial charge in [0.25, 0.3) is 0 Å². The summed E-state index contributed by atoms with van der Waals surface area (Å²) in [4.78, 5) is 6.27. The average molecular weight is 377 g/mol. The Balaban J connectivity index is 1.77. The molecule has 0 fully saturated rings. The summed E-state index contributed by atoms with van der Waals surface area (Å²) in [7, 11) is 0. The molecule has 3 rings (SSSR count). The normalized spacial score (nSPS) is 12.7. The number of rotatable bonds is 9. The summed E-state index contributed by atoms with van der Waals surface area (Å²) in [6.07, 6.45) is 2.96. The highest BCUT2D eigenvalue weighted by Crippen LogP contribution is 2.32. The van der Waals surface area contributed by atoms with E-state index in [0.29, 0.717) is 18.8 Å². The second-order valence-electron chi connectivity index (χ2n) is 6.61. The molecule has 3 aromatic rings. The molecule has 0 bridgehead atoms. The highest BCUT2D eigenvalue weighted by molar-refractivity contribution is 6.00. The molecular weight excluding hydrogens is 350 g/mol. The number of anilines is 1. The standard InChI is InChI=1S/C22H27N5O/c1-3-27(4-2)16-18(28)15-24-21-11-12-22(20-10-6-5-9-19(20)21)26-25-17-8-7-13-23-14-17/h5-14,18,24,28H,3-4,15-16H2,1-2H3. The van der Waals surface area contributed by atoms with Crippen molar-refractivity contribution in [3.63, 3.8) is 0 Å². The number of hydrogen-bond donors (Lipinski definition) is 2. The van der Waals surface area contributed by atoms with Crippen LogP contribution in [0.3, 0.4) is 0 Å². The summed E-state index contributed by atoms with van der Waals surface area (Å²) < 4.78 is 0. The number of nitrogens with zero attached hydrogens (tertiary/aromatic N) is 4. The van der Waals surface area contributed by atoms with Crippen LogP contribution in [0.5, 0.6) is 0 Å². The third kappa shape index (κ3) is 5.12. The second kappa shape index (κ2) is 9.92. The maximum absolute atomic E-state index is 10.3. The van der Waals surface area contributed by atoms with Crippen LogP contribution >= 0.6 is 0 Å². The third-order valence-corrected chi connectivity index (χ3v) is 4.71. The largest absolute Gasteiger partial charge is 0.390 e. The van der Waals surface area contributed by atoms with Crippen molar-refractivity contribution < 1.29 is 5.11 Å². The number of aromatic nitrogens is 1. The number of aliphatic hydroxyl groups is 1. The smallest absolute Gasteiger partial charge is 0.104 e. The number of hydrogen-bond acceptors (Lipinski definition) is 6. The van der Waals surface area contributed by atoms with E-state index in [0.717, 1.165) is 35.2 Å². The van der Waals surface area contributed by atoms with Crippen molar-refractivity contribution in [2.45, 2.75) is 20.0 Å². The van der Waals surface area contributed by atoms with E-state index in [-0.39, 0.29) is 0 Å². The first-order valence-corrected chi connectivity index (χ1v) is 9.69. The maximum Gasteiger partial charge on any atom is 0.104 e. The molecule has 1 atom stereocenters. The number of azo groups is 1. The molecule has 28 heavy (non-hydrogen) atoms. The molecule has 0 aliphatic rings. The van der Waals surface area contributed by atoms with Gasteiger partial charge >= 0.3 is 0 Å². The van der Waals surface area contributed by atoms with Gasteiger partial charge in [-0.15, -0.1) is 10.2 Å². The number of fused-ring (bicyclic) bond motifs is 1. The summed E-state index contributed by atoms with van der Waals surface area (Å²) in [6.45, 7) is 7.25. The first kappa shape index (κ1) is 19.9. The van der Waals surface area contributed by atoms with Gasteiger partial charge in [0.1, 0.15) is 5.69 Å². The van der Waals surface area contributed by atoms with Crippen molar-refractivity contribution in [3.05, 3.63) is 60.9 Å². The van der Waals surface area contributed by atoms with Gasteiger partial charge in [-0.1, -0.05) is 38.1 Å². The van der Waals surface area contributed by atoms with Gasteiger partial charge in [-0.3, -0.25) is 4.98 Å². The van der Waals surface area contributed by atoms with E-state index in [9.17, 15) is 5.11 Å². The molecule has 1 unspecified atom stereocenters. The Hall–Kier alpha value is -2.83. The molecule has 0 radical (unpaired) electrons. The fraction of sp³-hybridized carbons (Fsp3) is 0.318. The molecule has 0 saturated heterocycles. The molecular formula is C22H27N5O. The Bertz CT molecular complexity index is 909. The van der Waals surface area contributed by atoms with Crippen molar-refractivity contribution in [2.24, 2.45) is 10.2 Å². The maximum atomic E-state index is 10.3. The lowest BCUT2D eigenvalue weighted by molar-refractivity contribution is 0.128. The number of nitrogens with one attached hydrogen (secondary N) is 1. The van der Waals surface area contributed by atoms with Crippen LogP contribution in [0.2, 0.25) is 0 Å². The van der Waals surface area contributed by atoms with Crippen LogP contribution in [0, 0.1) is 0 Å². The number of pyridine rings is 1. The zero-order chi connectivity index (χ0) is 19.8. The Morgan fingerprint density at radius 3 is 2.50 bits per heavy atom. The zero-order valence-electron chi connectivity index (χ0n) is 16.4. The molecule has 0 aliphatic heterocycles. The highest BCUT2D eigenvalue weighted by atomic mass is 16.3. The van der Waals surface area contributed by atoms with Crippen LogP contribution in [-0.4, -0.2) is 47.3 Å². The minimum Gasteiger partial charge on any atom is -0.390 e. The van der Waals surface area contributed by atoms with E-state index < -0.39 is 6.10 Å². The van der Waals surface area contributed by atoms with Crippen LogP contribution in [0.1, 0.15) is 13.8 Å². The van der Waals surface area contributed by atoms with Gasteiger partial charge in [-0.25, -0.2) is 0 Å². The van der Waals surface area contributed by atoms with Crippen LogP contribution in [-0.2, 0) is 0 Å². The number of aliphatic hydroxyl groups excluding tert-OH is 1. The monoisotopic (exact) mass is 377 g/mol. The molecule has 2 N–H and O–H groups in total. The Morgan fingerprint density at radius 1 is 1.00 bits per heavy atom. The zero-order valence-corrected chi connectivity index (χ0v) is 16.4. The van der Waals surface area contributed by atoms with Crippen LogP contribution in [0.4, 0.5) is 17.1 Å². The van der Waals surface area contributed by atoms with Crippen molar-refractivity contribution in [1.29, 1.82) is 0 Å². The summed E-state index contributed by atoms with van der Waals surface area (Å²) >= 11 is 0. The molecule has 1 aromatic heterocycles. The fourth-order valence-electron chi connectivity index (χ4n) is 3.12. The van der Waals surface area contributed by atoms with Crippen molar-refractivity contribution in [1.82, 2.24) is 9.88 Å². The lowest BCUT2D eigenvalue weighted by Crippen LogP contribution is -2.35.